The van der Waals surface area contributed by atoms with E-state index in [0.717, 1.165) is 29.5 Å². The first kappa shape index (κ1) is 23.9. The van der Waals surface area contributed by atoms with E-state index >= 15 is 0 Å². The zero-order chi connectivity index (χ0) is 23.8. The fourth-order valence-corrected chi connectivity index (χ4v) is 4.13. The van der Waals surface area contributed by atoms with Gasteiger partial charge in [0.25, 0.3) is 0 Å². The van der Waals surface area contributed by atoms with Gasteiger partial charge in [-0.1, -0.05) is 63.5 Å². The van der Waals surface area contributed by atoms with Crippen LogP contribution in [0, 0.1) is 11.3 Å². The van der Waals surface area contributed by atoms with Gasteiger partial charge in [0, 0.05) is 17.3 Å². The third-order valence-electron chi connectivity index (χ3n) is 5.77. The van der Waals surface area contributed by atoms with Gasteiger partial charge in [0.1, 0.15) is 0 Å². The average molecular weight is 460 g/mol. The molecule has 1 aliphatic rings. The van der Waals surface area contributed by atoms with Crippen molar-refractivity contribution in [1.29, 1.82) is 0 Å². The number of carbonyl (C=O) groups excluding carboxylic acids is 1. The molecule has 1 aliphatic heterocycles. The number of hydrogen-bond donors (Lipinski definition) is 2. The zero-order valence-corrected chi connectivity index (χ0v) is 20.1. The Kier molecular flexibility index (Phi) is 6.43. The summed E-state index contributed by atoms with van der Waals surface area (Å²) in [5.41, 5.74) is 2.31. The molecule has 1 atom stereocenters. The van der Waals surface area contributed by atoms with E-state index in [0.29, 0.717) is 5.02 Å². The minimum Gasteiger partial charge on any atom is -0.475 e. The van der Waals surface area contributed by atoms with Crippen molar-refractivity contribution in [1.82, 2.24) is 10.5 Å². The van der Waals surface area contributed by atoms with Crippen molar-refractivity contribution in [3.8, 4) is 0 Å². The van der Waals surface area contributed by atoms with Crippen LogP contribution in [0.15, 0.2) is 40.6 Å². The van der Waals surface area contributed by atoms with Gasteiger partial charge in [-0.3, -0.25) is 4.90 Å². The van der Waals surface area contributed by atoms with Gasteiger partial charge < -0.3 is 14.9 Å². The fourth-order valence-electron chi connectivity index (χ4n) is 3.86. The first-order valence-corrected chi connectivity index (χ1v) is 11.0. The first-order chi connectivity index (χ1) is 14.8. The highest BCUT2D eigenvalue weighted by Crippen LogP contribution is 2.39. The molecule has 0 spiro atoms. The standard InChI is InChI=1S/C24H30ClN3O4/c1-14(2)17-13-28(20-12-19(21(29)30)32-27-20)22(31)26-24(17,6)16-8-7-15(18(25)11-16)9-10-23(3,4)5/h7-8,11-14H,9-10H2,1-6H3,(H,26,31)(H,29,30)/t24-/m0/s1. The van der Waals surface area contributed by atoms with Gasteiger partial charge in [-0.25, -0.2) is 9.59 Å². The van der Waals surface area contributed by atoms with Crippen molar-refractivity contribution in [2.75, 3.05) is 4.90 Å². The van der Waals surface area contributed by atoms with Crippen LogP contribution in [0.4, 0.5) is 10.6 Å². The first-order valence-electron chi connectivity index (χ1n) is 10.6. The average Bonchev–Trinajstić information content (AvgIpc) is 3.16. The largest absolute Gasteiger partial charge is 0.475 e. The Bertz CT molecular complexity index is 1070. The number of amides is 2. The smallest absolute Gasteiger partial charge is 0.374 e. The third kappa shape index (κ3) is 4.83. The number of halogens is 1. The predicted molar refractivity (Wildman–Crippen MR) is 124 cm³/mol. The lowest BCUT2D eigenvalue weighted by Crippen LogP contribution is -2.55. The van der Waals surface area contributed by atoms with Gasteiger partial charge >= 0.3 is 12.0 Å². The SMILES string of the molecule is CC(C)C1=CN(c2cc(C(=O)O)on2)C(=O)N[C@@]1(C)c1ccc(CCC(C)(C)C)c(Cl)c1. The predicted octanol–water partition coefficient (Wildman–Crippen LogP) is 5.99. The van der Waals surface area contributed by atoms with Crippen molar-refractivity contribution in [2.24, 2.45) is 11.3 Å². The number of hydrogen-bond acceptors (Lipinski definition) is 4. The number of aromatic nitrogens is 1. The number of nitrogens with zero attached hydrogens (tertiary/aromatic N) is 2. The maximum Gasteiger partial charge on any atom is 0.374 e. The van der Waals surface area contributed by atoms with Crippen LogP contribution in [-0.2, 0) is 12.0 Å². The van der Waals surface area contributed by atoms with E-state index in [1.165, 1.54) is 11.0 Å². The maximum absolute atomic E-state index is 13.0. The highest BCUT2D eigenvalue weighted by atomic mass is 35.5. The van der Waals surface area contributed by atoms with E-state index in [4.69, 9.17) is 21.2 Å². The molecule has 0 bridgehead atoms. The molecule has 2 heterocycles. The molecule has 1 aromatic carbocycles. The molecule has 32 heavy (non-hydrogen) atoms. The third-order valence-corrected chi connectivity index (χ3v) is 6.13. The zero-order valence-electron chi connectivity index (χ0n) is 19.3. The van der Waals surface area contributed by atoms with Crippen LogP contribution in [0.2, 0.25) is 5.02 Å². The molecular weight excluding hydrogens is 430 g/mol. The number of nitrogens with one attached hydrogen (secondary N) is 1. The summed E-state index contributed by atoms with van der Waals surface area (Å²) in [5, 5.41) is 16.6. The Morgan fingerprint density at radius 3 is 2.53 bits per heavy atom. The van der Waals surface area contributed by atoms with Crippen LogP contribution in [0.3, 0.4) is 0 Å². The summed E-state index contributed by atoms with van der Waals surface area (Å²) in [4.78, 5) is 25.4. The molecule has 2 amide bonds. The topological polar surface area (TPSA) is 95.7 Å². The van der Waals surface area contributed by atoms with E-state index in [2.05, 4.69) is 31.2 Å². The number of carbonyl (C=O) groups is 2. The van der Waals surface area contributed by atoms with E-state index in [1.807, 2.05) is 39.0 Å². The maximum atomic E-state index is 13.0. The molecule has 0 saturated carbocycles. The number of benzene rings is 1. The molecule has 0 fully saturated rings. The van der Waals surface area contributed by atoms with E-state index in [-0.39, 0.29) is 22.9 Å². The number of aryl methyl sites for hydroxylation is 1. The molecule has 0 radical (unpaired) electrons. The van der Waals surface area contributed by atoms with Crippen LogP contribution in [0.25, 0.3) is 0 Å². The number of carboxylic acids is 1. The molecule has 0 saturated heterocycles. The summed E-state index contributed by atoms with van der Waals surface area (Å²) in [6.45, 7) is 12.6. The van der Waals surface area contributed by atoms with Gasteiger partial charge in [-0.2, -0.15) is 0 Å². The molecular formula is C24H30ClN3O4. The molecule has 2 N–H and O–H groups in total. The van der Waals surface area contributed by atoms with Crippen molar-refractivity contribution >= 4 is 29.4 Å². The van der Waals surface area contributed by atoms with E-state index < -0.39 is 17.5 Å². The number of rotatable bonds is 6. The van der Waals surface area contributed by atoms with E-state index in [1.54, 1.807) is 6.20 Å². The molecule has 2 aromatic rings. The van der Waals surface area contributed by atoms with Crippen LogP contribution in [0.1, 0.15) is 69.6 Å². The molecule has 7 nitrogen and oxygen atoms in total. The minimum absolute atomic E-state index is 0.0771. The van der Waals surface area contributed by atoms with Crippen LogP contribution in [0.5, 0.6) is 0 Å². The van der Waals surface area contributed by atoms with Crippen molar-refractivity contribution in [3.63, 3.8) is 0 Å². The Hall–Kier alpha value is -2.80. The monoisotopic (exact) mass is 459 g/mol. The lowest BCUT2D eigenvalue weighted by molar-refractivity contribution is 0.0652. The lowest BCUT2D eigenvalue weighted by atomic mass is 9.78. The summed E-state index contributed by atoms with van der Waals surface area (Å²) in [5.74, 6) is -1.40. The molecule has 172 valence electrons. The van der Waals surface area contributed by atoms with Gasteiger partial charge in [0.05, 0.1) is 5.54 Å². The Balaban J connectivity index is 1.98. The highest BCUT2D eigenvalue weighted by Gasteiger charge is 2.41. The minimum atomic E-state index is -1.25. The van der Waals surface area contributed by atoms with Gasteiger partial charge in [0.15, 0.2) is 5.82 Å². The van der Waals surface area contributed by atoms with Crippen LogP contribution < -0.4 is 10.2 Å². The molecule has 1 aromatic heterocycles. The second-order valence-electron chi connectivity index (χ2n) is 9.89. The van der Waals surface area contributed by atoms with E-state index in [9.17, 15) is 9.59 Å². The van der Waals surface area contributed by atoms with Gasteiger partial charge in [0.2, 0.25) is 5.76 Å². The van der Waals surface area contributed by atoms with Crippen molar-refractivity contribution in [3.05, 3.63) is 57.9 Å². The lowest BCUT2D eigenvalue weighted by Gasteiger charge is -2.41. The molecule has 8 heteroatoms. The van der Waals surface area contributed by atoms with Crippen LogP contribution >= 0.6 is 11.6 Å². The summed E-state index contributed by atoms with van der Waals surface area (Å²) in [6, 6.07) is 6.75. The second-order valence-corrected chi connectivity index (χ2v) is 10.3. The molecule has 0 unspecified atom stereocenters. The number of urea groups is 1. The summed E-state index contributed by atoms with van der Waals surface area (Å²) < 4.78 is 4.82. The van der Waals surface area contributed by atoms with Gasteiger partial charge in [-0.05, 0) is 53.9 Å². The summed E-state index contributed by atoms with van der Waals surface area (Å²) in [6.07, 6.45) is 3.60. The fraction of sp³-hybridized carbons (Fsp3) is 0.458. The quantitative estimate of drug-likeness (QED) is 0.553. The van der Waals surface area contributed by atoms with Crippen molar-refractivity contribution in [2.45, 2.75) is 59.9 Å². The summed E-state index contributed by atoms with van der Waals surface area (Å²) >= 11 is 6.64. The number of anilines is 1. The Labute approximate surface area is 193 Å². The molecule has 0 aliphatic carbocycles. The number of carboxylic acid groups (broad SMARTS) is 1. The normalized spacial score (nSPS) is 19.2. The Morgan fingerprint density at radius 2 is 2.00 bits per heavy atom. The Morgan fingerprint density at radius 1 is 1.31 bits per heavy atom. The second kappa shape index (κ2) is 8.62. The molecule has 3 rings (SSSR count). The highest BCUT2D eigenvalue weighted by molar-refractivity contribution is 6.31. The van der Waals surface area contributed by atoms with Gasteiger partial charge in [-0.15, -0.1) is 0 Å². The van der Waals surface area contributed by atoms with Crippen LogP contribution in [-0.4, -0.2) is 22.3 Å². The summed E-state index contributed by atoms with van der Waals surface area (Å²) in [7, 11) is 0. The number of aromatic carboxylic acids is 1. The van der Waals surface area contributed by atoms with Crippen molar-refractivity contribution < 1.29 is 19.2 Å².